The molecule has 1 aromatic heterocycles. The molecule has 0 bridgehead atoms. The molecule has 106 valence electrons. The predicted molar refractivity (Wildman–Crippen MR) is 78.7 cm³/mol. The lowest BCUT2D eigenvalue weighted by Gasteiger charge is -2.11. The third-order valence-corrected chi connectivity index (χ3v) is 4.47. The summed E-state index contributed by atoms with van der Waals surface area (Å²) in [5.41, 5.74) is 5.53. The smallest absolute Gasteiger partial charge is 0.264 e. The number of halogens is 3. The molecule has 0 saturated heterocycles. The molecule has 2 aromatic rings. The van der Waals surface area contributed by atoms with Gasteiger partial charge in [-0.05, 0) is 18.2 Å². The fraction of sp³-hybridized carbons (Fsp3) is 0. The molecule has 1 aromatic carbocycles. The molecule has 0 unspecified atom stereocenters. The first kappa shape index (κ1) is 15.1. The molecule has 0 saturated carbocycles. The molecule has 0 aliphatic heterocycles. The monoisotopic (exact) mass is 352 g/mol. The maximum Gasteiger partial charge on any atom is 0.264 e. The number of aromatic nitrogens is 2. The topological polar surface area (TPSA) is 98.0 Å². The first-order valence-corrected chi connectivity index (χ1v) is 7.67. The highest BCUT2D eigenvalue weighted by Gasteiger charge is 2.21. The average molecular weight is 354 g/mol. The molecule has 6 nitrogen and oxygen atoms in total. The molecule has 0 radical (unpaired) electrons. The SMILES string of the molecule is Nc1ccc(Cl)cc1S(=O)(=O)Nc1c(Cl)ncnc1Cl. The Morgan fingerprint density at radius 3 is 2.30 bits per heavy atom. The van der Waals surface area contributed by atoms with E-state index in [9.17, 15) is 8.42 Å². The molecule has 0 atom stereocenters. The quantitative estimate of drug-likeness (QED) is 0.653. The molecule has 0 fully saturated rings. The largest absolute Gasteiger partial charge is 0.398 e. The van der Waals surface area contributed by atoms with Crippen molar-refractivity contribution in [2.24, 2.45) is 0 Å². The van der Waals surface area contributed by atoms with Crippen LogP contribution in [0.15, 0.2) is 29.4 Å². The normalized spacial score (nSPS) is 11.3. The summed E-state index contributed by atoms with van der Waals surface area (Å²) in [6.45, 7) is 0. The second-order valence-corrected chi connectivity index (χ2v) is 6.42. The van der Waals surface area contributed by atoms with E-state index < -0.39 is 10.0 Å². The van der Waals surface area contributed by atoms with E-state index >= 15 is 0 Å². The van der Waals surface area contributed by atoms with Gasteiger partial charge in [-0.2, -0.15) is 0 Å². The molecule has 3 N–H and O–H groups in total. The van der Waals surface area contributed by atoms with Gasteiger partial charge in [0.2, 0.25) is 0 Å². The molecule has 0 aliphatic rings. The van der Waals surface area contributed by atoms with E-state index in [2.05, 4.69) is 14.7 Å². The summed E-state index contributed by atoms with van der Waals surface area (Å²) in [5, 5.41) is -0.0376. The first-order valence-electron chi connectivity index (χ1n) is 5.05. The molecular weight excluding hydrogens is 347 g/mol. The number of nitrogens with zero attached hydrogens (tertiary/aromatic N) is 2. The van der Waals surface area contributed by atoms with E-state index in [1.807, 2.05) is 0 Å². The van der Waals surface area contributed by atoms with Crippen molar-refractivity contribution in [2.45, 2.75) is 4.90 Å². The molecule has 20 heavy (non-hydrogen) atoms. The van der Waals surface area contributed by atoms with E-state index in [0.29, 0.717) is 0 Å². The number of rotatable bonds is 3. The Kier molecular flexibility index (Phi) is 4.24. The highest BCUT2D eigenvalue weighted by molar-refractivity contribution is 7.93. The van der Waals surface area contributed by atoms with Crippen molar-refractivity contribution in [3.8, 4) is 0 Å². The van der Waals surface area contributed by atoms with Crippen LogP contribution in [0.4, 0.5) is 11.4 Å². The van der Waals surface area contributed by atoms with Crippen molar-refractivity contribution >= 4 is 56.2 Å². The van der Waals surface area contributed by atoms with Crippen LogP contribution >= 0.6 is 34.8 Å². The lowest BCUT2D eigenvalue weighted by Crippen LogP contribution is -2.16. The Balaban J connectivity index is 2.49. The fourth-order valence-corrected chi connectivity index (χ4v) is 3.35. The zero-order valence-corrected chi connectivity index (χ0v) is 12.7. The van der Waals surface area contributed by atoms with E-state index in [0.717, 1.165) is 6.33 Å². The number of benzene rings is 1. The predicted octanol–water partition coefficient (Wildman–Crippen LogP) is 2.82. The second kappa shape index (κ2) is 5.61. The van der Waals surface area contributed by atoms with Crippen LogP contribution in [-0.4, -0.2) is 18.4 Å². The highest BCUT2D eigenvalue weighted by Crippen LogP contribution is 2.30. The number of hydrogen-bond acceptors (Lipinski definition) is 5. The molecule has 0 spiro atoms. The molecule has 10 heteroatoms. The standard InChI is InChI=1S/C10H7Cl3N4O2S/c11-5-1-2-6(14)7(3-5)20(18,19)17-8-9(12)15-4-16-10(8)13/h1-4,17H,14H2. The van der Waals surface area contributed by atoms with Gasteiger partial charge >= 0.3 is 0 Å². The minimum Gasteiger partial charge on any atom is -0.398 e. The lowest BCUT2D eigenvalue weighted by atomic mass is 10.3. The van der Waals surface area contributed by atoms with Crippen LogP contribution in [0.2, 0.25) is 15.3 Å². The van der Waals surface area contributed by atoms with Gasteiger partial charge in [0.25, 0.3) is 10.0 Å². The number of nitrogens with two attached hydrogens (primary N) is 1. The minimum absolute atomic E-state index is 0.0333. The van der Waals surface area contributed by atoms with Gasteiger partial charge in [0.05, 0.1) is 5.69 Å². The minimum atomic E-state index is -4.02. The second-order valence-electron chi connectivity index (χ2n) is 3.62. The van der Waals surface area contributed by atoms with Crippen molar-refractivity contribution < 1.29 is 8.42 Å². The lowest BCUT2D eigenvalue weighted by molar-refractivity contribution is 0.601. The van der Waals surface area contributed by atoms with Crippen molar-refractivity contribution in [3.05, 3.63) is 39.9 Å². The van der Waals surface area contributed by atoms with Crippen molar-refractivity contribution in [3.63, 3.8) is 0 Å². The average Bonchev–Trinajstić information content (AvgIpc) is 2.37. The molecule has 0 amide bonds. The highest BCUT2D eigenvalue weighted by atomic mass is 35.5. The summed E-state index contributed by atoms with van der Waals surface area (Å²) in [5.74, 6) is 0. The van der Waals surface area contributed by atoms with Crippen LogP contribution in [0.3, 0.4) is 0 Å². The first-order chi connectivity index (χ1) is 9.31. The van der Waals surface area contributed by atoms with Crippen LogP contribution in [0.25, 0.3) is 0 Å². The van der Waals surface area contributed by atoms with Crippen LogP contribution in [0.1, 0.15) is 0 Å². The summed E-state index contributed by atoms with van der Waals surface area (Å²) in [6, 6.07) is 4.06. The zero-order chi connectivity index (χ0) is 14.9. The maximum atomic E-state index is 12.3. The fourth-order valence-electron chi connectivity index (χ4n) is 1.36. The summed E-state index contributed by atoms with van der Waals surface area (Å²) < 4.78 is 26.7. The van der Waals surface area contributed by atoms with Gasteiger partial charge in [-0.15, -0.1) is 0 Å². The third-order valence-electron chi connectivity index (χ3n) is 2.26. The Hall–Kier alpha value is -1.28. The van der Waals surface area contributed by atoms with Gasteiger partial charge < -0.3 is 5.73 Å². The van der Waals surface area contributed by atoms with Gasteiger partial charge in [0, 0.05) is 5.02 Å². The van der Waals surface area contributed by atoms with Crippen molar-refractivity contribution in [1.82, 2.24) is 9.97 Å². The van der Waals surface area contributed by atoms with E-state index in [1.54, 1.807) is 0 Å². The van der Waals surface area contributed by atoms with Crippen LogP contribution in [-0.2, 0) is 10.0 Å². The third kappa shape index (κ3) is 3.06. The van der Waals surface area contributed by atoms with Crippen molar-refractivity contribution in [2.75, 3.05) is 10.5 Å². The Labute approximate surface area is 129 Å². The Morgan fingerprint density at radius 2 is 1.70 bits per heavy atom. The van der Waals surface area contributed by atoms with Crippen molar-refractivity contribution in [1.29, 1.82) is 0 Å². The van der Waals surface area contributed by atoms with Gasteiger partial charge in [-0.25, -0.2) is 18.4 Å². The van der Waals surface area contributed by atoms with E-state index in [1.165, 1.54) is 18.2 Å². The van der Waals surface area contributed by atoms with Crippen LogP contribution in [0, 0.1) is 0 Å². The van der Waals surface area contributed by atoms with E-state index in [-0.39, 0.29) is 31.6 Å². The van der Waals surface area contributed by atoms with Gasteiger partial charge in [-0.3, -0.25) is 4.72 Å². The number of nitrogens with one attached hydrogen (secondary N) is 1. The van der Waals surface area contributed by atoms with Crippen LogP contribution < -0.4 is 10.5 Å². The van der Waals surface area contributed by atoms with E-state index in [4.69, 9.17) is 40.5 Å². The van der Waals surface area contributed by atoms with Crippen LogP contribution in [0.5, 0.6) is 0 Å². The molecule has 0 aliphatic carbocycles. The number of anilines is 2. The number of sulfonamides is 1. The maximum absolute atomic E-state index is 12.3. The molecule has 2 rings (SSSR count). The summed E-state index contributed by atoms with van der Waals surface area (Å²) >= 11 is 17.3. The number of nitrogen functional groups attached to an aromatic ring is 1. The molecule has 1 heterocycles. The summed E-state index contributed by atoms with van der Waals surface area (Å²) in [7, 11) is -4.02. The zero-order valence-electron chi connectivity index (χ0n) is 9.64. The summed E-state index contributed by atoms with van der Waals surface area (Å²) in [4.78, 5) is 7.09. The Bertz CT molecular complexity index is 747. The van der Waals surface area contributed by atoms with Gasteiger partial charge in [0.15, 0.2) is 10.3 Å². The Morgan fingerprint density at radius 1 is 1.10 bits per heavy atom. The van der Waals surface area contributed by atoms with Gasteiger partial charge in [0.1, 0.15) is 16.9 Å². The number of hydrogen-bond donors (Lipinski definition) is 2. The summed E-state index contributed by atoms with van der Waals surface area (Å²) in [6.07, 6.45) is 1.11. The van der Waals surface area contributed by atoms with Gasteiger partial charge in [-0.1, -0.05) is 34.8 Å². The molecular formula is C10H7Cl3N4O2S.